The van der Waals surface area contributed by atoms with Crippen LogP contribution in [0.25, 0.3) is 0 Å². The second-order valence-electron chi connectivity index (χ2n) is 1.76. The molecule has 2 aromatic heterocycles. The van der Waals surface area contributed by atoms with Gasteiger partial charge in [-0.25, -0.2) is 0 Å². The summed E-state index contributed by atoms with van der Waals surface area (Å²) in [4.78, 5) is 0. The Labute approximate surface area is 68.9 Å². The van der Waals surface area contributed by atoms with Gasteiger partial charge in [-0.2, -0.15) is 0 Å². The fraction of sp³-hybridized carbons (Fsp3) is 0. The van der Waals surface area contributed by atoms with E-state index in [1.54, 1.807) is 0 Å². The molecule has 0 spiro atoms. The summed E-state index contributed by atoms with van der Waals surface area (Å²) in [5.74, 6) is 0. The minimum Gasteiger partial charge on any atom is -0.604 e. The molecule has 0 saturated carbocycles. The van der Waals surface area contributed by atoms with Gasteiger partial charge in [0.15, 0.2) is 0 Å². The average Bonchev–Trinajstić information content (AvgIpc) is 2.77. The first kappa shape index (κ1) is 7.25. The zero-order valence-electron chi connectivity index (χ0n) is 5.58. The van der Waals surface area contributed by atoms with Crippen LogP contribution in [0.15, 0.2) is 31.6 Å². The average molecular weight is 186 g/mol. The van der Waals surface area contributed by atoms with Crippen molar-refractivity contribution in [2.75, 3.05) is 0 Å². The molecule has 0 aliphatic rings. The van der Waals surface area contributed by atoms with Gasteiger partial charge in [0.2, 0.25) is 12.5 Å². The van der Waals surface area contributed by atoms with E-state index in [0.717, 1.165) is 0 Å². The van der Waals surface area contributed by atoms with Gasteiger partial charge in [0.25, 0.3) is 0 Å². The van der Waals surface area contributed by atoms with Crippen molar-refractivity contribution in [2.24, 2.45) is 0 Å². The predicted octanol–water partition coefficient (Wildman–Crippen LogP) is -0.381. The lowest BCUT2D eigenvalue weighted by atomic mass is 11.0. The van der Waals surface area contributed by atoms with Gasteiger partial charge in [0.05, 0.1) is 11.2 Å². The zero-order valence-corrected chi connectivity index (χ0v) is 6.39. The van der Waals surface area contributed by atoms with E-state index in [1.165, 1.54) is 12.5 Å². The van der Waals surface area contributed by atoms with Gasteiger partial charge in [-0.05, 0) is 0 Å². The highest BCUT2D eigenvalue weighted by Gasteiger charge is 2.22. The van der Waals surface area contributed by atoms with Gasteiger partial charge in [-0.1, -0.05) is 10.2 Å². The molecule has 0 amide bonds. The van der Waals surface area contributed by atoms with Crippen LogP contribution in [0.4, 0.5) is 0 Å². The molecule has 12 heavy (non-hydrogen) atoms. The van der Waals surface area contributed by atoms with Crippen molar-refractivity contribution in [3.63, 3.8) is 0 Å². The van der Waals surface area contributed by atoms with Crippen molar-refractivity contribution in [1.82, 2.24) is 20.7 Å². The Morgan fingerprint density at radius 3 is 1.92 bits per heavy atom. The summed E-state index contributed by atoms with van der Waals surface area (Å²) in [5, 5.41) is 13.6. The van der Waals surface area contributed by atoms with Crippen LogP contribution in [0.5, 0.6) is 0 Å². The van der Waals surface area contributed by atoms with Gasteiger partial charge in [0.1, 0.15) is 0 Å². The Hall–Kier alpha value is -1.41. The first-order valence-corrected chi connectivity index (χ1v) is 3.99. The molecule has 0 fully saturated rings. The molecule has 0 unspecified atom stereocenters. The summed E-state index contributed by atoms with van der Waals surface area (Å²) in [5.41, 5.74) is 0. The van der Waals surface area contributed by atoms with Crippen LogP contribution in [-0.2, 0) is 11.2 Å². The van der Waals surface area contributed by atoms with Crippen LogP contribution in [-0.4, -0.2) is 25.3 Å². The van der Waals surface area contributed by atoms with Crippen molar-refractivity contribution >= 4 is 11.2 Å². The molecule has 0 aromatic carbocycles. The smallest absolute Gasteiger partial charge is 0.311 e. The van der Waals surface area contributed by atoms with Crippen LogP contribution >= 0.6 is 0 Å². The molecule has 0 bridgehead atoms. The Bertz CT molecular complexity index is 299. The van der Waals surface area contributed by atoms with Gasteiger partial charge in [0, 0.05) is 10.5 Å². The quantitative estimate of drug-likeness (QED) is 0.589. The molecule has 62 valence electrons. The molecule has 2 rings (SSSR count). The van der Waals surface area contributed by atoms with E-state index >= 15 is 0 Å². The molecular weight excluding hydrogens is 184 g/mol. The third-order valence-electron chi connectivity index (χ3n) is 1.06. The Balaban J connectivity index is 2.27. The third kappa shape index (κ3) is 1.17. The standard InChI is InChI=1S/C4H2N4O3S/c9-12(3-1-10-7-5-3)4-2-11-8-6-4/h1-2H. The molecule has 8 heteroatoms. The van der Waals surface area contributed by atoms with Crippen molar-refractivity contribution in [2.45, 2.75) is 10.1 Å². The minimum absolute atomic E-state index is 0.186. The predicted molar refractivity (Wildman–Crippen MR) is 33.3 cm³/mol. The van der Waals surface area contributed by atoms with Gasteiger partial charge < -0.3 is 13.6 Å². The van der Waals surface area contributed by atoms with E-state index < -0.39 is 11.2 Å². The van der Waals surface area contributed by atoms with Gasteiger partial charge >= 0.3 is 10.1 Å². The molecule has 0 aliphatic carbocycles. The molecule has 0 saturated heterocycles. The first-order chi connectivity index (χ1) is 5.88. The van der Waals surface area contributed by atoms with Crippen LogP contribution in [0.1, 0.15) is 0 Å². The summed E-state index contributed by atoms with van der Waals surface area (Å²) in [6.07, 6.45) is 2.34. The van der Waals surface area contributed by atoms with Crippen LogP contribution in [0.2, 0.25) is 0 Å². The Kier molecular flexibility index (Phi) is 1.76. The van der Waals surface area contributed by atoms with E-state index in [-0.39, 0.29) is 10.1 Å². The molecule has 2 aromatic rings. The summed E-state index contributed by atoms with van der Waals surface area (Å²) >= 11 is -1.52. The van der Waals surface area contributed by atoms with E-state index in [9.17, 15) is 4.55 Å². The van der Waals surface area contributed by atoms with E-state index in [0.29, 0.717) is 0 Å². The Morgan fingerprint density at radius 1 is 1.08 bits per heavy atom. The highest BCUT2D eigenvalue weighted by Crippen LogP contribution is 2.14. The number of hydrogen-bond acceptors (Lipinski definition) is 7. The lowest BCUT2D eigenvalue weighted by Gasteiger charge is -1.97. The summed E-state index contributed by atoms with van der Waals surface area (Å²) in [6.45, 7) is 0. The number of aromatic nitrogens is 4. The largest absolute Gasteiger partial charge is 0.604 e. The van der Waals surface area contributed by atoms with Gasteiger partial charge in [-0.15, -0.1) is 0 Å². The molecule has 0 atom stereocenters. The lowest BCUT2D eigenvalue weighted by molar-refractivity contribution is 0.392. The number of nitrogens with zero attached hydrogens (tertiary/aromatic N) is 4. The maximum Gasteiger partial charge on any atom is 0.311 e. The number of rotatable bonds is 2. The van der Waals surface area contributed by atoms with Crippen molar-refractivity contribution < 1.29 is 13.6 Å². The van der Waals surface area contributed by atoms with E-state index in [1.807, 2.05) is 0 Å². The molecule has 2 heterocycles. The van der Waals surface area contributed by atoms with Crippen molar-refractivity contribution in [3.8, 4) is 0 Å². The fourth-order valence-electron chi connectivity index (χ4n) is 0.581. The third-order valence-corrected chi connectivity index (χ3v) is 2.18. The number of hydrogen-bond donors (Lipinski definition) is 0. The lowest BCUT2D eigenvalue weighted by Crippen LogP contribution is -2.02. The molecule has 7 nitrogen and oxygen atoms in total. The Morgan fingerprint density at radius 2 is 1.58 bits per heavy atom. The zero-order chi connectivity index (χ0) is 8.39. The molecule has 0 radical (unpaired) electrons. The second kappa shape index (κ2) is 2.91. The highest BCUT2D eigenvalue weighted by atomic mass is 32.2. The van der Waals surface area contributed by atoms with Gasteiger partial charge in [-0.3, -0.25) is 0 Å². The normalized spacial score (nSPS) is 10.8. The second-order valence-corrected chi connectivity index (χ2v) is 3.13. The molecular formula is C4H2N4O3S. The molecule has 0 N–H and O–H groups in total. The van der Waals surface area contributed by atoms with Crippen molar-refractivity contribution in [1.29, 1.82) is 0 Å². The summed E-state index contributed by atoms with van der Waals surface area (Å²) in [6, 6.07) is 0. The maximum absolute atomic E-state index is 11.4. The monoisotopic (exact) mass is 186 g/mol. The maximum atomic E-state index is 11.4. The van der Waals surface area contributed by atoms with Crippen LogP contribution in [0.3, 0.4) is 0 Å². The van der Waals surface area contributed by atoms with E-state index in [4.69, 9.17) is 0 Å². The highest BCUT2D eigenvalue weighted by molar-refractivity contribution is 7.91. The fourth-order valence-corrected chi connectivity index (χ4v) is 1.27. The van der Waals surface area contributed by atoms with Crippen molar-refractivity contribution in [3.05, 3.63) is 12.5 Å². The van der Waals surface area contributed by atoms with Crippen LogP contribution < -0.4 is 0 Å². The first-order valence-electron chi connectivity index (χ1n) is 2.84. The summed E-state index contributed by atoms with van der Waals surface area (Å²) < 4.78 is 20.2. The minimum atomic E-state index is -1.52. The van der Waals surface area contributed by atoms with E-state index in [2.05, 4.69) is 29.8 Å². The van der Waals surface area contributed by atoms with Crippen LogP contribution in [0, 0.1) is 0 Å². The topological polar surface area (TPSA) is 101 Å². The SMILES string of the molecule is [O-][S+](c1conn1)c1conn1. The summed E-state index contributed by atoms with van der Waals surface area (Å²) in [7, 11) is 0. The molecule has 0 aliphatic heterocycles.